The molecule has 0 N–H and O–H groups in total. The molecule has 0 saturated heterocycles. The summed E-state index contributed by atoms with van der Waals surface area (Å²) in [7, 11) is 0. The molecule has 1 aliphatic rings. The lowest BCUT2D eigenvalue weighted by atomic mass is 9.80. The van der Waals surface area contributed by atoms with Crippen molar-refractivity contribution in [3.8, 4) is 27.9 Å². The van der Waals surface area contributed by atoms with Crippen LogP contribution in [-0.2, 0) is 5.41 Å². The third kappa shape index (κ3) is 2.55. The number of para-hydroxylation sites is 1. The molecule has 1 heterocycles. The van der Waals surface area contributed by atoms with Crippen LogP contribution in [0.1, 0.15) is 25.0 Å². The number of hydrogen-bond acceptors (Lipinski definition) is 0. The van der Waals surface area contributed by atoms with Crippen LogP contribution in [0.5, 0.6) is 0 Å². The maximum atomic E-state index is 2.43. The van der Waals surface area contributed by atoms with Gasteiger partial charge in [0.05, 0.1) is 11.0 Å². The minimum absolute atomic E-state index is 0.0655. The summed E-state index contributed by atoms with van der Waals surface area (Å²) in [6, 6.07) is 42.0. The quantitative estimate of drug-likeness (QED) is 0.256. The molecule has 5 aromatic carbocycles. The van der Waals surface area contributed by atoms with Gasteiger partial charge in [-0.25, -0.2) is 0 Å². The van der Waals surface area contributed by atoms with E-state index in [0.717, 1.165) is 0 Å². The average molecular weight is 436 g/mol. The van der Waals surface area contributed by atoms with Gasteiger partial charge in [0.1, 0.15) is 0 Å². The normalized spacial score (nSPS) is 13.8. The Morgan fingerprint density at radius 2 is 1.24 bits per heavy atom. The van der Waals surface area contributed by atoms with Crippen LogP contribution in [0, 0.1) is 0 Å². The summed E-state index contributed by atoms with van der Waals surface area (Å²) in [5.41, 5.74) is 11.7. The maximum Gasteiger partial charge on any atom is 0.0544 e. The largest absolute Gasteiger partial charge is 0.309 e. The summed E-state index contributed by atoms with van der Waals surface area (Å²) in [6.07, 6.45) is 0. The van der Waals surface area contributed by atoms with E-state index in [-0.39, 0.29) is 5.41 Å². The first kappa shape index (κ1) is 19.4. The van der Waals surface area contributed by atoms with Gasteiger partial charge in [-0.2, -0.15) is 0 Å². The SMILES string of the molecule is CC1(C)c2ccccc2-c2ccc3c(c21)c1cc(-c2ccccc2)ccc1n3-c1ccccc1. The van der Waals surface area contributed by atoms with Gasteiger partial charge in [-0.05, 0) is 63.7 Å². The molecule has 0 bridgehead atoms. The Bertz CT molecular complexity index is 1700. The Morgan fingerprint density at radius 3 is 2.03 bits per heavy atom. The second-order valence-electron chi connectivity index (χ2n) is 9.82. The van der Waals surface area contributed by atoms with Gasteiger partial charge in [-0.15, -0.1) is 0 Å². The monoisotopic (exact) mass is 435 g/mol. The van der Waals surface area contributed by atoms with Crippen molar-refractivity contribution >= 4 is 21.8 Å². The van der Waals surface area contributed by atoms with E-state index in [4.69, 9.17) is 0 Å². The van der Waals surface area contributed by atoms with Crippen molar-refractivity contribution in [2.24, 2.45) is 0 Å². The van der Waals surface area contributed by atoms with Gasteiger partial charge in [-0.1, -0.05) is 98.8 Å². The molecule has 0 unspecified atom stereocenters. The molecule has 7 rings (SSSR count). The first-order chi connectivity index (χ1) is 16.6. The molecule has 162 valence electrons. The van der Waals surface area contributed by atoms with E-state index in [9.17, 15) is 0 Å². The fourth-order valence-corrected chi connectivity index (χ4v) is 6.05. The molecule has 0 saturated carbocycles. The highest BCUT2D eigenvalue weighted by molar-refractivity contribution is 6.15. The second-order valence-corrected chi connectivity index (χ2v) is 9.82. The third-order valence-electron chi connectivity index (χ3n) is 7.57. The van der Waals surface area contributed by atoms with Crippen molar-refractivity contribution in [3.05, 3.63) is 126 Å². The van der Waals surface area contributed by atoms with Crippen LogP contribution < -0.4 is 0 Å². The van der Waals surface area contributed by atoms with Crippen molar-refractivity contribution in [2.75, 3.05) is 0 Å². The molecule has 0 fully saturated rings. The Labute approximate surface area is 199 Å². The molecule has 1 nitrogen and oxygen atoms in total. The summed E-state index contributed by atoms with van der Waals surface area (Å²) >= 11 is 0. The lowest BCUT2D eigenvalue weighted by Crippen LogP contribution is -2.15. The van der Waals surface area contributed by atoms with Crippen LogP contribution in [0.2, 0.25) is 0 Å². The van der Waals surface area contributed by atoms with Gasteiger partial charge in [-0.3, -0.25) is 0 Å². The van der Waals surface area contributed by atoms with E-state index >= 15 is 0 Å². The highest BCUT2D eigenvalue weighted by Crippen LogP contribution is 2.53. The lowest BCUT2D eigenvalue weighted by molar-refractivity contribution is 0.666. The molecule has 1 aromatic heterocycles. The second kappa shape index (κ2) is 6.95. The van der Waals surface area contributed by atoms with Crippen LogP contribution in [0.15, 0.2) is 115 Å². The molecule has 1 aliphatic carbocycles. The first-order valence-electron chi connectivity index (χ1n) is 12.0. The highest BCUT2D eigenvalue weighted by atomic mass is 15.0. The number of aromatic nitrogens is 1. The predicted molar refractivity (Wildman–Crippen MR) is 144 cm³/mol. The van der Waals surface area contributed by atoms with E-state index < -0.39 is 0 Å². The molecule has 6 aromatic rings. The van der Waals surface area contributed by atoms with E-state index in [1.807, 2.05) is 0 Å². The van der Waals surface area contributed by atoms with E-state index in [0.29, 0.717) is 0 Å². The van der Waals surface area contributed by atoms with Gasteiger partial charge in [0.2, 0.25) is 0 Å². The van der Waals surface area contributed by atoms with E-state index in [2.05, 4.69) is 134 Å². The number of fused-ring (bicyclic) bond motifs is 7. The Balaban J connectivity index is 1.65. The fourth-order valence-electron chi connectivity index (χ4n) is 6.05. The van der Waals surface area contributed by atoms with Crippen LogP contribution in [-0.4, -0.2) is 4.57 Å². The lowest BCUT2D eigenvalue weighted by Gasteiger charge is -2.22. The summed E-state index contributed by atoms with van der Waals surface area (Å²) in [5, 5.41) is 2.69. The zero-order chi connectivity index (χ0) is 22.9. The molecule has 0 aliphatic heterocycles. The molecule has 0 spiro atoms. The first-order valence-corrected chi connectivity index (χ1v) is 12.0. The number of hydrogen-bond donors (Lipinski definition) is 0. The summed E-state index contributed by atoms with van der Waals surface area (Å²) in [6.45, 7) is 4.76. The van der Waals surface area contributed by atoms with Crippen molar-refractivity contribution in [1.82, 2.24) is 4.57 Å². The molecule has 34 heavy (non-hydrogen) atoms. The predicted octanol–water partition coefficient (Wildman–Crippen LogP) is 8.76. The van der Waals surface area contributed by atoms with Crippen molar-refractivity contribution in [3.63, 3.8) is 0 Å². The Morgan fingerprint density at radius 1 is 0.559 bits per heavy atom. The summed E-state index contributed by atoms with van der Waals surface area (Å²) in [4.78, 5) is 0. The van der Waals surface area contributed by atoms with Crippen molar-refractivity contribution in [1.29, 1.82) is 0 Å². The summed E-state index contributed by atoms with van der Waals surface area (Å²) < 4.78 is 2.43. The average Bonchev–Trinajstić information content (AvgIpc) is 3.34. The number of nitrogens with zero attached hydrogens (tertiary/aromatic N) is 1. The van der Waals surface area contributed by atoms with Crippen molar-refractivity contribution in [2.45, 2.75) is 19.3 Å². The van der Waals surface area contributed by atoms with Gasteiger partial charge < -0.3 is 4.57 Å². The minimum Gasteiger partial charge on any atom is -0.309 e. The standard InChI is InChI=1S/C33H25N/c1-33(2)28-16-10-9-15-25(28)26-18-20-30-31(32(26)33)27-21-23(22-11-5-3-6-12-22)17-19-29(27)34(30)24-13-7-4-8-14-24/h3-21H,1-2H3. The van der Waals surface area contributed by atoms with Gasteiger partial charge in [0.15, 0.2) is 0 Å². The molecule has 0 amide bonds. The van der Waals surface area contributed by atoms with Crippen LogP contribution in [0.4, 0.5) is 0 Å². The van der Waals surface area contributed by atoms with Crippen molar-refractivity contribution < 1.29 is 0 Å². The van der Waals surface area contributed by atoms with E-state index in [1.165, 1.54) is 60.9 Å². The maximum absolute atomic E-state index is 2.43. The smallest absolute Gasteiger partial charge is 0.0544 e. The van der Waals surface area contributed by atoms with E-state index in [1.54, 1.807) is 0 Å². The number of rotatable bonds is 2. The van der Waals surface area contributed by atoms with Crippen LogP contribution >= 0.6 is 0 Å². The van der Waals surface area contributed by atoms with Gasteiger partial charge >= 0.3 is 0 Å². The molecule has 0 atom stereocenters. The molecular formula is C33H25N. The highest BCUT2D eigenvalue weighted by Gasteiger charge is 2.37. The molecule has 1 heteroatoms. The zero-order valence-corrected chi connectivity index (χ0v) is 19.4. The summed E-state index contributed by atoms with van der Waals surface area (Å²) in [5.74, 6) is 0. The molecular weight excluding hydrogens is 410 g/mol. The molecule has 0 radical (unpaired) electrons. The number of benzene rings is 5. The van der Waals surface area contributed by atoms with Gasteiger partial charge in [0, 0.05) is 21.9 Å². The van der Waals surface area contributed by atoms with Gasteiger partial charge in [0.25, 0.3) is 0 Å². The Kier molecular flexibility index (Phi) is 3.96. The minimum atomic E-state index is -0.0655. The zero-order valence-electron chi connectivity index (χ0n) is 19.4. The van der Waals surface area contributed by atoms with Crippen LogP contribution in [0.3, 0.4) is 0 Å². The third-order valence-corrected chi connectivity index (χ3v) is 7.57. The fraction of sp³-hybridized carbons (Fsp3) is 0.0909. The Hall–Kier alpha value is -4.10. The topological polar surface area (TPSA) is 4.93 Å². The van der Waals surface area contributed by atoms with Crippen LogP contribution in [0.25, 0.3) is 49.7 Å².